The standard InChI is InChI=1S/C19H18F3NO3/c20-19(21,22)16-7-2-1-6-15(16)17-9-14(24)11-23(17)10-12-4-3-5-13(8-12)18(25)26/h1-8,14,17,24H,9-11H2,(H,25,26). The van der Waals surface area contributed by atoms with Gasteiger partial charge in [0.05, 0.1) is 17.2 Å². The number of rotatable bonds is 4. The molecule has 3 rings (SSSR count). The molecule has 0 bridgehead atoms. The number of carboxylic acid groups (broad SMARTS) is 1. The summed E-state index contributed by atoms with van der Waals surface area (Å²) >= 11 is 0. The molecular weight excluding hydrogens is 347 g/mol. The Balaban J connectivity index is 1.91. The monoisotopic (exact) mass is 365 g/mol. The van der Waals surface area contributed by atoms with Crippen molar-refractivity contribution < 1.29 is 28.2 Å². The first-order valence-corrected chi connectivity index (χ1v) is 8.16. The Bertz CT molecular complexity index is 807. The van der Waals surface area contributed by atoms with Crippen LogP contribution in [0, 0.1) is 0 Å². The number of hydrogen-bond acceptors (Lipinski definition) is 3. The maximum absolute atomic E-state index is 13.3. The number of likely N-dealkylation sites (tertiary alicyclic amines) is 1. The molecule has 0 spiro atoms. The Morgan fingerprint density at radius 3 is 2.58 bits per heavy atom. The van der Waals surface area contributed by atoms with Crippen LogP contribution in [-0.2, 0) is 12.7 Å². The quantitative estimate of drug-likeness (QED) is 0.867. The van der Waals surface area contributed by atoms with Gasteiger partial charge in [0.2, 0.25) is 0 Å². The van der Waals surface area contributed by atoms with E-state index in [1.807, 2.05) is 0 Å². The van der Waals surface area contributed by atoms with E-state index < -0.39 is 29.9 Å². The molecule has 0 amide bonds. The molecule has 26 heavy (non-hydrogen) atoms. The summed E-state index contributed by atoms with van der Waals surface area (Å²) in [5, 5.41) is 19.1. The summed E-state index contributed by atoms with van der Waals surface area (Å²) in [4.78, 5) is 12.9. The number of hydrogen-bond donors (Lipinski definition) is 2. The van der Waals surface area contributed by atoms with Crippen molar-refractivity contribution in [2.45, 2.75) is 31.3 Å². The number of aliphatic hydroxyl groups is 1. The van der Waals surface area contributed by atoms with Gasteiger partial charge >= 0.3 is 12.1 Å². The molecule has 1 aliphatic heterocycles. The minimum absolute atomic E-state index is 0.120. The van der Waals surface area contributed by atoms with Crippen LogP contribution in [0.25, 0.3) is 0 Å². The van der Waals surface area contributed by atoms with E-state index in [1.54, 1.807) is 23.1 Å². The third kappa shape index (κ3) is 3.89. The van der Waals surface area contributed by atoms with Gasteiger partial charge in [0.1, 0.15) is 0 Å². The number of carboxylic acids is 1. The van der Waals surface area contributed by atoms with E-state index >= 15 is 0 Å². The van der Waals surface area contributed by atoms with E-state index in [9.17, 15) is 23.1 Å². The summed E-state index contributed by atoms with van der Waals surface area (Å²) in [6.07, 6.45) is -5.01. The Labute approximate surface area is 148 Å². The number of carbonyl (C=O) groups is 1. The number of alkyl halides is 3. The summed E-state index contributed by atoms with van der Waals surface area (Å²) in [5.41, 5.74) is 0.220. The van der Waals surface area contributed by atoms with Crippen LogP contribution in [0.2, 0.25) is 0 Å². The number of aromatic carboxylic acids is 1. The molecule has 2 unspecified atom stereocenters. The topological polar surface area (TPSA) is 60.8 Å². The first-order valence-electron chi connectivity index (χ1n) is 8.16. The average Bonchev–Trinajstić information content (AvgIpc) is 2.94. The molecule has 2 N–H and O–H groups in total. The van der Waals surface area contributed by atoms with E-state index in [2.05, 4.69) is 0 Å². The van der Waals surface area contributed by atoms with Gasteiger partial charge in [0.15, 0.2) is 0 Å². The van der Waals surface area contributed by atoms with Crippen molar-refractivity contribution in [2.24, 2.45) is 0 Å². The van der Waals surface area contributed by atoms with Gasteiger partial charge in [0.25, 0.3) is 0 Å². The average molecular weight is 365 g/mol. The molecule has 1 saturated heterocycles. The largest absolute Gasteiger partial charge is 0.478 e. The third-order valence-electron chi connectivity index (χ3n) is 4.57. The highest BCUT2D eigenvalue weighted by Crippen LogP contribution is 2.40. The molecule has 0 aromatic heterocycles. The molecular formula is C19H18F3NO3. The van der Waals surface area contributed by atoms with E-state index in [0.29, 0.717) is 5.56 Å². The maximum Gasteiger partial charge on any atom is 0.416 e. The Hall–Kier alpha value is -2.38. The highest BCUT2D eigenvalue weighted by Gasteiger charge is 2.39. The van der Waals surface area contributed by atoms with Gasteiger partial charge in [0, 0.05) is 19.1 Å². The number of β-amino-alcohol motifs (C(OH)–C–C–N with tert-alkyl or cyclic N) is 1. The highest BCUT2D eigenvalue weighted by molar-refractivity contribution is 5.87. The number of nitrogens with zero attached hydrogens (tertiary/aromatic N) is 1. The van der Waals surface area contributed by atoms with Crippen LogP contribution in [0.1, 0.15) is 39.5 Å². The van der Waals surface area contributed by atoms with E-state index in [1.165, 1.54) is 24.3 Å². The van der Waals surface area contributed by atoms with Crippen molar-refractivity contribution in [3.63, 3.8) is 0 Å². The fourth-order valence-electron chi connectivity index (χ4n) is 3.46. The molecule has 1 fully saturated rings. The van der Waals surface area contributed by atoms with Gasteiger partial charge in [-0.1, -0.05) is 30.3 Å². The lowest BCUT2D eigenvalue weighted by atomic mass is 9.97. The van der Waals surface area contributed by atoms with Crippen molar-refractivity contribution >= 4 is 5.97 Å². The van der Waals surface area contributed by atoms with Crippen LogP contribution in [0.4, 0.5) is 13.2 Å². The lowest BCUT2D eigenvalue weighted by molar-refractivity contribution is -0.138. The number of halogens is 3. The fraction of sp³-hybridized carbons (Fsp3) is 0.316. The maximum atomic E-state index is 13.3. The smallest absolute Gasteiger partial charge is 0.416 e. The molecule has 138 valence electrons. The lowest BCUT2D eigenvalue weighted by Crippen LogP contribution is -2.26. The summed E-state index contributed by atoms with van der Waals surface area (Å²) in [5.74, 6) is -1.06. The minimum atomic E-state index is -4.47. The second kappa shape index (κ2) is 7.09. The normalized spacial score (nSPS) is 21.1. The Morgan fingerprint density at radius 2 is 1.88 bits per heavy atom. The second-order valence-corrected chi connectivity index (χ2v) is 6.43. The molecule has 0 aliphatic carbocycles. The lowest BCUT2D eigenvalue weighted by Gasteiger charge is -2.27. The molecule has 0 radical (unpaired) electrons. The fourth-order valence-corrected chi connectivity index (χ4v) is 3.46. The zero-order valence-electron chi connectivity index (χ0n) is 13.8. The van der Waals surface area contributed by atoms with Crippen LogP contribution in [0.15, 0.2) is 48.5 Å². The van der Waals surface area contributed by atoms with Crippen LogP contribution in [-0.4, -0.2) is 33.7 Å². The van der Waals surface area contributed by atoms with Crippen molar-refractivity contribution in [3.05, 3.63) is 70.8 Å². The number of benzene rings is 2. The van der Waals surface area contributed by atoms with E-state index in [-0.39, 0.29) is 30.6 Å². The van der Waals surface area contributed by atoms with Crippen molar-refractivity contribution in [1.29, 1.82) is 0 Å². The molecule has 1 heterocycles. The molecule has 2 aromatic rings. The predicted molar refractivity (Wildman–Crippen MR) is 88.6 cm³/mol. The van der Waals surface area contributed by atoms with Crippen LogP contribution in [0.3, 0.4) is 0 Å². The Kier molecular flexibility index (Phi) is 5.02. The highest BCUT2D eigenvalue weighted by atomic mass is 19.4. The third-order valence-corrected chi connectivity index (χ3v) is 4.57. The van der Waals surface area contributed by atoms with E-state index in [0.717, 1.165) is 6.07 Å². The molecule has 2 atom stereocenters. The molecule has 7 heteroatoms. The SMILES string of the molecule is O=C(O)c1cccc(CN2CC(O)CC2c2ccccc2C(F)(F)F)c1. The summed E-state index contributed by atoms with van der Waals surface area (Å²) < 4.78 is 40.0. The minimum Gasteiger partial charge on any atom is -0.478 e. The second-order valence-electron chi connectivity index (χ2n) is 6.43. The Morgan fingerprint density at radius 1 is 1.15 bits per heavy atom. The number of aliphatic hydroxyl groups excluding tert-OH is 1. The summed E-state index contributed by atoms with van der Waals surface area (Å²) in [6, 6.07) is 11.1. The van der Waals surface area contributed by atoms with Crippen LogP contribution < -0.4 is 0 Å². The van der Waals surface area contributed by atoms with Gasteiger partial charge in [-0.3, -0.25) is 4.90 Å². The summed E-state index contributed by atoms with van der Waals surface area (Å²) in [6.45, 7) is 0.489. The zero-order valence-corrected chi connectivity index (χ0v) is 13.8. The first kappa shape index (κ1) is 18.4. The predicted octanol–water partition coefficient (Wildman–Crippen LogP) is 3.71. The molecule has 0 saturated carbocycles. The van der Waals surface area contributed by atoms with Gasteiger partial charge in [-0.15, -0.1) is 0 Å². The van der Waals surface area contributed by atoms with Gasteiger partial charge in [-0.2, -0.15) is 13.2 Å². The molecule has 2 aromatic carbocycles. The molecule has 4 nitrogen and oxygen atoms in total. The van der Waals surface area contributed by atoms with Gasteiger partial charge in [-0.25, -0.2) is 4.79 Å². The first-order chi connectivity index (χ1) is 12.3. The van der Waals surface area contributed by atoms with Crippen LogP contribution in [0.5, 0.6) is 0 Å². The zero-order chi connectivity index (χ0) is 18.9. The summed E-state index contributed by atoms with van der Waals surface area (Å²) in [7, 11) is 0. The van der Waals surface area contributed by atoms with E-state index in [4.69, 9.17) is 5.11 Å². The van der Waals surface area contributed by atoms with Crippen molar-refractivity contribution in [2.75, 3.05) is 6.54 Å². The van der Waals surface area contributed by atoms with Crippen molar-refractivity contribution in [3.8, 4) is 0 Å². The molecule has 1 aliphatic rings. The van der Waals surface area contributed by atoms with Crippen LogP contribution >= 0.6 is 0 Å². The van der Waals surface area contributed by atoms with Gasteiger partial charge in [-0.05, 0) is 35.7 Å². The van der Waals surface area contributed by atoms with Crippen molar-refractivity contribution in [1.82, 2.24) is 4.90 Å². The van der Waals surface area contributed by atoms with Gasteiger partial charge < -0.3 is 10.2 Å².